The number of aromatic nitrogens is 3. The van der Waals surface area contributed by atoms with Crippen molar-refractivity contribution in [2.24, 2.45) is 0 Å². The first-order chi connectivity index (χ1) is 8.62. The van der Waals surface area contributed by atoms with Gasteiger partial charge in [-0.25, -0.2) is 18.1 Å². The smallest absolute Gasteiger partial charge is 0.246 e. The van der Waals surface area contributed by atoms with Crippen molar-refractivity contribution < 1.29 is 8.42 Å². The van der Waals surface area contributed by atoms with E-state index in [0.717, 1.165) is 0 Å². The molecule has 0 aliphatic heterocycles. The van der Waals surface area contributed by atoms with Gasteiger partial charge in [-0.2, -0.15) is 10.4 Å². The number of sulfonamides is 1. The Morgan fingerprint density at radius 2 is 1.89 bits per heavy atom. The summed E-state index contributed by atoms with van der Waals surface area (Å²) in [7, 11) is -3.76. The third kappa shape index (κ3) is 2.58. The molecule has 0 amide bonds. The zero-order valence-corrected chi connectivity index (χ0v) is 9.79. The van der Waals surface area contributed by atoms with Gasteiger partial charge >= 0.3 is 0 Å². The maximum atomic E-state index is 11.9. The summed E-state index contributed by atoms with van der Waals surface area (Å²) in [6.07, 6.45) is 2.66. The highest BCUT2D eigenvalue weighted by molar-refractivity contribution is 7.92. The van der Waals surface area contributed by atoms with Crippen molar-refractivity contribution in [3.05, 3.63) is 42.2 Å². The molecule has 2 rings (SSSR count). The van der Waals surface area contributed by atoms with Crippen molar-refractivity contribution >= 4 is 16.0 Å². The second-order valence-electron chi connectivity index (χ2n) is 3.21. The van der Waals surface area contributed by atoms with Gasteiger partial charge in [0.05, 0.1) is 28.9 Å². The van der Waals surface area contributed by atoms with E-state index < -0.39 is 10.0 Å². The van der Waals surface area contributed by atoms with Crippen LogP contribution in [0.3, 0.4) is 0 Å². The molecule has 0 atom stereocenters. The molecule has 1 aromatic carbocycles. The van der Waals surface area contributed by atoms with Crippen molar-refractivity contribution in [3.63, 3.8) is 0 Å². The Kier molecular flexibility index (Phi) is 3.16. The number of rotatable bonds is 3. The summed E-state index contributed by atoms with van der Waals surface area (Å²) < 4.78 is 26.0. The molecule has 0 radical (unpaired) electrons. The highest BCUT2D eigenvalue weighted by Gasteiger charge is 2.15. The molecule has 0 aliphatic rings. The first kappa shape index (κ1) is 11.9. The van der Waals surface area contributed by atoms with E-state index in [2.05, 4.69) is 19.9 Å². The third-order valence-corrected chi connectivity index (χ3v) is 3.35. The van der Waals surface area contributed by atoms with Crippen molar-refractivity contribution in [1.82, 2.24) is 15.2 Å². The summed E-state index contributed by atoms with van der Waals surface area (Å²) in [5, 5.41) is 15.6. The van der Waals surface area contributed by atoms with Gasteiger partial charge in [-0.1, -0.05) is 0 Å². The molecule has 1 N–H and O–H groups in total. The van der Waals surface area contributed by atoms with E-state index in [1.165, 1.54) is 36.7 Å². The molecule has 0 unspecified atom stereocenters. The summed E-state index contributed by atoms with van der Waals surface area (Å²) >= 11 is 0. The monoisotopic (exact) mass is 261 g/mol. The maximum absolute atomic E-state index is 11.9. The highest BCUT2D eigenvalue weighted by atomic mass is 32.2. The van der Waals surface area contributed by atoms with E-state index in [9.17, 15) is 8.42 Å². The Morgan fingerprint density at radius 1 is 1.17 bits per heavy atom. The molecule has 0 spiro atoms. The van der Waals surface area contributed by atoms with Crippen LogP contribution in [0.4, 0.5) is 5.95 Å². The molecule has 0 aliphatic carbocycles. The van der Waals surface area contributed by atoms with Crippen LogP contribution in [0.5, 0.6) is 0 Å². The average Bonchev–Trinajstić information content (AvgIpc) is 2.39. The number of nitriles is 1. The average molecular weight is 261 g/mol. The van der Waals surface area contributed by atoms with Crippen LogP contribution in [-0.4, -0.2) is 23.6 Å². The van der Waals surface area contributed by atoms with Gasteiger partial charge < -0.3 is 0 Å². The van der Waals surface area contributed by atoms with Gasteiger partial charge in [0, 0.05) is 0 Å². The standard InChI is InChI=1S/C10H7N5O2S/c11-7-8-1-3-9(4-2-8)18(16,17)15-10-12-5-6-13-14-10/h1-6H,(H,12,14,15). The van der Waals surface area contributed by atoms with Crippen LogP contribution in [0.25, 0.3) is 0 Å². The van der Waals surface area contributed by atoms with E-state index in [-0.39, 0.29) is 10.8 Å². The predicted molar refractivity (Wildman–Crippen MR) is 61.8 cm³/mol. The van der Waals surface area contributed by atoms with E-state index >= 15 is 0 Å². The van der Waals surface area contributed by atoms with Crippen LogP contribution in [0, 0.1) is 11.3 Å². The van der Waals surface area contributed by atoms with Crippen molar-refractivity contribution in [2.75, 3.05) is 4.72 Å². The third-order valence-electron chi connectivity index (χ3n) is 2.00. The molecule has 1 aromatic heterocycles. The summed E-state index contributed by atoms with van der Waals surface area (Å²) in [6.45, 7) is 0. The summed E-state index contributed by atoms with van der Waals surface area (Å²) in [5.74, 6) is -0.109. The first-order valence-corrected chi connectivity index (χ1v) is 6.27. The van der Waals surface area contributed by atoms with Gasteiger partial charge in [0.2, 0.25) is 0 Å². The number of nitrogens with one attached hydrogen (secondary N) is 1. The van der Waals surface area contributed by atoms with Crippen molar-refractivity contribution in [2.45, 2.75) is 4.90 Å². The van der Waals surface area contributed by atoms with Gasteiger partial charge in [0.25, 0.3) is 16.0 Å². The molecular formula is C10H7N5O2S. The van der Waals surface area contributed by atoms with Gasteiger partial charge in [-0.05, 0) is 24.3 Å². The maximum Gasteiger partial charge on any atom is 0.264 e. The highest BCUT2D eigenvalue weighted by Crippen LogP contribution is 2.12. The Balaban J connectivity index is 2.29. The zero-order valence-electron chi connectivity index (χ0n) is 8.98. The number of benzene rings is 1. The predicted octanol–water partition coefficient (Wildman–Crippen LogP) is 0.544. The number of hydrogen-bond acceptors (Lipinski definition) is 6. The van der Waals surface area contributed by atoms with Crippen LogP contribution in [0.2, 0.25) is 0 Å². The van der Waals surface area contributed by atoms with Crippen LogP contribution in [0.15, 0.2) is 41.6 Å². The fourth-order valence-corrected chi connectivity index (χ4v) is 2.13. The van der Waals surface area contributed by atoms with Crippen molar-refractivity contribution in [3.8, 4) is 6.07 Å². The molecule has 0 saturated heterocycles. The second kappa shape index (κ2) is 4.77. The normalized spacial score (nSPS) is 10.6. The lowest BCUT2D eigenvalue weighted by Crippen LogP contribution is -2.15. The van der Waals surface area contributed by atoms with Crippen LogP contribution in [0.1, 0.15) is 5.56 Å². The van der Waals surface area contributed by atoms with Crippen molar-refractivity contribution in [1.29, 1.82) is 5.26 Å². The van der Waals surface area contributed by atoms with Crippen LogP contribution < -0.4 is 4.72 Å². The molecule has 7 nitrogen and oxygen atoms in total. The lowest BCUT2D eigenvalue weighted by Gasteiger charge is -2.05. The molecule has 1 heterocycles. The van der Waals surface area contributed by atoms with Crippen LogP contribution in [-0.2, 0) is 10.0 Å². The molecule has 0 fully saturated rings. The van der Waals surface area contributed by atoms with Gasteiger partial charge in [0.15, 0.2) is 0 Å². The Hall–Kier alpha value is -2.53. The Labute approximate surface area is 103 Å². The van der Waals surface area contributed by atoms with Gasteiger partial charge in [-0.15, -0.1) is 5.10 Å². The second-order valence-corrected chi connectivity index (χ2v) is 4.89. The zero-order chi connectivity index (χ0) is 13.0. The van der Waals surface area contributed by atoms with E-state index in [4.69, 9.17) is 5.26 Å². The number of nitrogens with zero attached hydrogens (tertiary/aromatic N) is 4. The lowest BCUT2D eigenvalue weighted by molar-refractivity contribution is 0.600. The molecule has 8 heteroatoms. The number of anilines is 1. The largest absolute Gasteiger partial charge is 0.264 e. The molecule has 0 bridgehead atoms. The Bertz CT molecular complexity index is 676. The van der Waals surface area contributed by atoms with E-state index in [1.807, 2.05) is 6.07 Å². The minimum atomic E-state index is -3.76. The molecule has 90 valence electrons. The SMILES string of the molecule is N#Cc1ccc(S(=O)(=O)Nc2nccnn2)cc1. The minimum Gasteiger partial charge on any atom is -0.246 e. The first-order valence-electron chi connectivity index (χ1n) is 4.78. The number of hydrogen-bond donors (Lipinski definition) is 1. The Morgan fingerprint density at radius 3 is 2.44 bits per heavy atom. The molecule has 2 aromatic rings. The van der Waals surface area contributed by atoms with Crippen LogP contribution >= 0.6 is 0 Å². The van der Waals surface area contributed by atoms with Gasteiger partial charge in [-0.3, -0.25) is 0 Å². The summed E-state index contributed by atoms with van der Waals surface area (Å²) in [5.41, 5.74) is 0.381. The summed E-state index contributed by atoms with van der Waals surface area (Å²) in [4.78, 5) is 3.73. The minimum absolute atomic E-state index is 0.0222. The molecular weight excluding hydrogens is 254 g/mol. The molecule has 18 heavy (non-hydrogen) atoms. The quantitative estimate of drug-likeness (QED) is 0.863. The fourth-order valence-electron chi connectivity index (χ4n) is 1.18. The van der Waals surface area contributed by atoms with E-state index in [0.29, 0.717) is 5.56 Å². The fraction of sp³-hybridized carbons (Fsp3) is 0. The van der Waals surface area contributed by atoms with Gasteiger partial charge in [0.1, 0.15) is 0 Å². The molecule has 0 saturated carbocycles. The van der Waals surface area contributed by atoms with E-state index in [1.54, 1.807) is 0 Å². The lowest BCUT2D eigenvalue weighted by atomic mass is 10.2. The topological polar surface area (TPSA) is 109 Å². The summed E-state index contributed by atoms with van der Waals surface area (Å²) in [6, 6.07) is 7.40.